The molecule has 0 amide bonds. The van der Waals surface area contributed by atoms with Gasteiger partial charge in [-0.3, -0.25) is 0 Å². The van der Waals surface area contributed by atoms with Gasteiger partial charge in [-0.1, -0.05) is 20.3 Å². The molecule has 2 atom stereocenters. The van der Waals surface area contributed by atoms with Crippen molar-refractivity contribution in [1.29, 1.82) is 0 Å². The Morgan fingerprint density at radius 2 is 2.33 bits per heavy atom. The molecule has 2 unspecified atom stereocenters. The zero-order valence-corrected chi connectivity index (χ0v) is 9.72. The zero-order chi connectivity index (χ0) is 8.10. The summed E-state index contributed by atoms with van der Waals surface area (Å²) in [7, 11) is 0. The molecule has 0 spiro atoms. The van der Waals surface area contributed by atoms with E-state index in [9.17, 15) is 0 Å². The van der Waals surface area contributed by atoms with E-state index in [1.54, 1.807) is 0 Å². The summed E-state index contributed by atoms with van der Waals surface area (Å²) in [6.07, 6.45) is 3.01. The summed E-state index contributed by atoms with van der Waals surface area (Å²) in [4.78, 5) is 0. The number of rotatable bonds is 3. The predicted octanol–water partition coefficient (Wildman–Crippen LogP) is 1.99. The molecule has 0 bridgehead atoms. The van der Waals surface area contributed by atoms with Gasteiger partial charge < -0.3 is 10.1 Å². The number of nitrogens with one attached hydrogen (secondary N) is 1. The Bertz CT molecular complexity index is 105. The van der Waals surface area contributed by atoms with E-state index < -0.39 is 0 Å². The third-order valence-electron chi connectivity index (χ3n) is 2.33. The highest BCUT2D eigenvalue weighted by atomic mass is 79.9. The van der Waals surface area contributed by atoms with E-state index in [0.29, 0.717) is 12.0 Å². The lowest BCUT2D eigenvalue weighted by Crippen LogP contribution is -2.41. The maximum Gasteiger partial charge on any atom is 0.0725 e. The topological polar surface area (TPSA) is 21.3 Å². The Hall–Kier alpha value is 0.400. The summed E-state index contributed by atoms with van der Waals surface area (Å²) < 4.78 is 5.63. The SMILES string of the molecule is Br.CCCC(C)C1CNCCO1. The van der Waals surface area contributed by atoms with Crippen LogP contribution in [0.5, 0.6) is 0 Å². The van der Waals surface area contributed by atoms with Crippen LogP contribution in [0.2, 0.25) is 0 Å². The number of morpholine rings is 1. The lowest BCUT2D eigenvalue weighted by molar-refractivity contribution is -0.00648. The molecule has 0 aromatic rings. The third kappa shape index (κ3) is 3.87. The van der Waals surface area contributed by atoms with E-state index in [1.807, 2.05) is 0 Å². The van der Waals surface area contributed by atoms with Gasteiger partial charge in [0.2, 0.25) is 0 Å². The van der Waals surface area contributed by atoms with E-state index in [0.717, 1.165) is 19.7 Å². The second-order valence-corrected chi connectivity index (χ2v) is 3.38. The Balaban J connectivity index is 0.00000121. The van der Waals surface area contributed by atoms with Gasteiger partial charge in [0.1, 0.15) is 0 Å². The van der Waals surface area contributed by atoms with Crippen LogP contribution < -0.4 is 5.32 Å². The number of ether oxygens (including phenoxy) is 1. The van der Waals surface area contributed by atoms with Gasteiger partial charge in [0, 0.05) is 13.1 Å². The molecule has 74 valence electrons. The van der Waals surface area contributed by atoms with Crippen molar-refractivity contribution in [3.8, 4) is 0 Å². The Morgan fingerprint density at radius 3 is 2.83 bits per heavy atom. The van der Waals surface area contributed by atoms with Crippen LogP contribution in [0.3, 0.4) is 0 Å². The monoisotopic (exact) mass is 237 g/mol. The molecule has 0 aromatic carbocycles. The van der Waals surface area contributed by atoms with Crippen LogP contribution in [-0.2, 0) is 4.74 Å². The molecular weight excluding hydrogens is 218 g/mol. The summed E-state index contributed by atoms with van der Waals surface area (Å²) in [6.45, 7) is 7.46. The van der Waals surface area contributed by atoms with Crippen LogP contribution in [0.15, 0.2) is 0 Å². The molecule has 0 aromatic heterocycles. The van der Waals surface area contributed by atoms with Gasteiger partial charge in [0.05, 0.1) is 12.7 Å². The van der Waals surface area contributed by atoms with Crippen LogP contribution >= 0.6 is 17.0 Å². The van der Waals surface area contributed by atoms with Crippen molar-refractivity contribution in [2.24, 2.45) is 5.92 Å². The van der Waals surface area contributed by atoms with Crippen LogP contribution in [0.1, 0.15) is 26.7 Å². The second kappa shape index (κ2) is 6.87. The summed E-state index contributed by atoms with van der Waals surface area (Å²) in [5.41, 5.74) is 0. The summed E-state index contributed by atoms with van der Waals surface area (Å²) in [5.74, 6) is 0.716. The fourth-order valence-corrected chi connectivity index (χ4v) is 1.59. The van der Waals surface area contributed by atoms with Gasteiger partial charge in [0.25, 0.3) is 0 Å². The van der Waals surface area contributed by atoms with Gasteiger partial charge in [0.15, 0.2) is 0 Å². The van der Waals surface area contributed by atoms with Gasteiger partial charge in [-0.25, -0.2) is 0 Å². The summed E-state index contributed by atoms with van der Waals surface area (Å²) in [5, 5.41) is 3.35. The zero-order valence-electron chi connectivity index (χ0n) is 8.01. The van der Waals surface area contributed by atoms with Crippen LogP contribution in [0.4, 0.5) is 0 Å². The van der Waals surface area contributed by atoms with Crippen molar-refractivity contribution in [2.45, 2.75) is 32.8 Å². The van der Waals surface area contributed by atoms with Crippen molar-refractivity contribution in [1.82, 2.24) is 5.32 Å². The second-order valence-electron chi connectivity index (χ2n) is 3.38. The van der Waals surface area contributed by atoms with Crippen molar-refractivity contribution in [2.75, 3.05) is 19.7 Å². The minimum atomic E-state index is 0. The fourth-order valence-electron chi connectivity index (χ4n) is 1.59. The van der Waals surface area contributed by atoms with Crippen LogP contribution in [0, 0.1) is 5.92 Å². The van der Waals surface area contributed by atoms with Crippen LogP contribution in [0.25, 0.3) is 0 Å². The molecule has 1 aliphatic rings. The molecular formula is C9H20BrNO. The van der Waals surface area contributed by atoms with Gasteiger partial charge in [-0.15, -0.1) is 17.0 Å². The molecule has 0 radical (unpaired) electrons. The molecule has 1 aliphatic heterocycles. The highest BCUT2D eigenvalue weighted by Crippen LogP contribution is 2.14. The first-order chi connectivity index (χ1) is 5.34. The van der Waals surface area contributed by atoms with E-state index in [-0.39, 0.29) is 17.0 Å². The number of halogens is 1. The first-order valence-electron chi connectivity index (χ1n) is 4.67. The maximum atomic E-state index is 5.63. The van der Waals surface area contributed by atoms with Crippen molar-refractivity contribution in [3.63, 3.8) is 0 Å². The average molecular weight is 238 g/mol. The molecule has 1 N–H and O–H groups in total. The van der Waals surface area contributed by atoms with E-state index in [4.69, 9.17) is 4.74 Å². The predicted molar refractivity (Wildman–Crippen MR) is 57.0 cm³/mol. The summed E-state index contributed by atoms with van der Waals surface area (Å²) in [6, 6.07) is 0. The lowest BCUT2D eigenvalue weighted by atomic mass is 9.99. The van der Waals surface area contributed by atoms with Gasteiger partial charge >= 0.3 is 0 Å². The molecule has 3 heteroatoms. The Morgan fingerprint density at radius 1 is 1.58 bits per heavy atom. The van der Waals surface area contributed by atoms with Gasteiger partial charge in [-0.2, -0.15) is 0 Å². The van der Waals surface area contributed by atoms with E-state index >= 15 is 0 Å². The van der Waals surface area contributed by atoms with E-state index in [2.05, 4.69) is 19.2 Å². The molecule has 2 nitrogen and oxygen atoms in total. The molecule has 1 saturated heterocycles. The highest BCUT2D eigenvalue weighted by Gasteiger charge is 2.19. The first kappa shape index (κ1) is 12.4. The largest absolute Gasteiger partial charge is 0.375 e. The Labute approximate surface area is 85.8 Å². The molecule has 0 saturated carbocycles. The van der Waals surface area contributed by atoms with Crippen molar-refractivity contribution in [3.05, 3.63) is 0 Å². The molecule has 1 fully saturated rings. The van der Waals surface area contributed by atoms with Crippen molar-refractivity contribution < 1.29 is 4.74 Å². The number of hydrogen-bond donors (Lipinski definition) is 1. The van der Waals surface area contributed by atoms with Gasteiger partial charge in [-0.05, 0) is 12.3 Å². The normalized spacial score (nSPS) is 26.0. The van der Waals surface area contributed by atoms with E-state index in [1.165, 1.54) is 12.8 Å². The molecule has 1 heterocycles. The fraction of sp³-hybridized carbons (Fsp3) is 1.00. The third-order valence-corrected chi connectivity index (χ3v) is 2.33. The van der Waals surface area contributed by atoms with Crippen molar-refractivity contribution >= 4 is 17.0 Å². The quantitative estimate of drug-likeness (QED) is 0.811. The first-order valence-corrected chi connectivity index (χ1v) is 4.67. The smallest absolute Gasteiger partial charge is 0.0725 e. The standard InChI is InChI=1S/C9H19NO.BrH/c1-3-4-8(2)9-7-10-5-6-11-9;/h8-10H,3-7H2,1-2H3;1H. The molecule has 12 heavy (non-hydrogen) atoms. The number of hydrogen-bond acceptors (Lipinski definition) is 2. The highest BCUT2D eigenvalue weighted by molar-refractivity contribution is 8.93. The van der Waals surface area contributed by atoms with Crippen LogP contribution in [-0.4, -0.2) is 25.8 Å². The Kier molecular flexibility index (Phi) is 7.10. The maximum absolute atomic E-state index is 5.63. The summed E-state index contributed by atoms with van der Waals surface area (Å²) >= 11 is 0. The average Bonchev–Trinajstić information content (AvgIpc) is 2.07. The lowest BCUT2D eigenvalue weighted by Gasteiger charge is -2.28. The molecule has 1 rings (SSSR count). The molecule has 0 aliphatic carbocycles. The minimum Gasteiger partial charge on any atom is -0.375 e. The minimum absolute atomic E-state index is 0.